The van der Waals surface area contributed by atoms with Crippen molar-refractivity contribution in [2.45, 2.75) is 44.4 Å². The second kappa shape index (κ2) is 7.63. The predicted octanol–water partition coefficient (Wildman–Crippen LogP) is 3.38. The summed E-state index contributed by atoms with van der Waals surface area (Å²) < 4.78 is 0. The number of hydrogen-bond donors (Lipinski definition) is 1. The van der Waals surface area contributed by atoms with Gasteiger partial charge in [0.1, 0.15) is 15.7 Å². The molecule has 25 heavy (non-hydrogen) atoms. The maximum absolute atomic E-state index is 11.6. The number of fused-ring (bicyclic) bond motifs is 1. The lowest BCUT2D eigenvalue weighted by Gasteiger charge is -2.17. The Bertz CT molecular complexity index is 946. The minimum atomic E-state index is -0.163. The maximum Gasteiger partial charge on any atom is 0.251 e. The normalized spacial score (nSPS) is 11.6. The smallest absolute Gasteiger partial charge is 0.251 e. The van der Waals surface area contributed by atoms with Gasteiger partial charge in [-0.3, -0.25) is 9.69 Å². The number of aryl methyl sites for hydroxylation is 2. The van der Waals surface area contributed by atoms with Gasteiger partial charge in [0.2, 0.25) is 0 Å². The molecule has 0 saturated carbocycles. The van der Waals surface area contributed by atoms with E-state index in [9.17, 15) is 4.79 Å². The molecule has 0 fully saturated rings. The lowest BCUT2D eigenvalue weighted by atomic mass is 10.2. The molecule has 8 heteroatoms. The van der Waals surface area contributed by atoms with Crippen LogP contribution in [-0.4, -0.2) is 37.9 Å². The molecule has 0 radical (unpaired) electrons. The molecule has 0 aromatic carbocycles. The molecule has 0 atom stereocenters. The fourth-order valence-corrected chi connectivity index (χ4v) is 4.61. The molecular weight excluding hydrogens is 354 g/mol. The van der Waals surface area contributed by atoms with Crippen LogP contribution in [0.5, 0.6) is 0 Å². The van der Waals surface area contributed by atoms with Crippen molar-refractivity contribution >= 4 is 33.3 Å². The van der Waals surface area contributed by atoms with E-state index in [1.807, 2.05) is 0 Å². The van der Waals surface area contributed by atoms with Crippen LogP contribution in [0.1, 0.15) is 30.1 Å². The summed E-state index contributed by atoms with van der Waals surface area (Å²) in [6, 6.07) is 1.41. The largest absolute Gasteiger partial charge is 0.301 e. The van der Waals surface area contributed by atoms with Crippen LogP contribution in [0.25, 0.3) is 10.2 Å². The summed E-state index contributed by atoms with van der Waals surface area (Å²) in [6.07, 6.45) is 1.52. The van der Waals surface area contributed by atoms with Gasteiger partial charge in [-0.15, -0.1) is 11.3 Å². The fraction of sp³-hybridized carbons (Fsp3) is 0.412. The van der Waals surface area contributed by atoms with Crippen LogP contribution in [-0.2, 0) is 6.54 Å². The molecule has 0 unspecified atom stereocenters. The summed E-state index contributed by atoms with van der Waals surface area (Å²) in [5.74, 6) is 0.804. The number of aromatic amines is 1. The van der Waals surface area contributed by atoms with Crippen molar-refractivity contribution in [3.8, 4) is 0 Å². The third-order valence-electron chi connectivity index (χ3n) is 4.14. The highest BCUT2D eigenvalue weighted by atomic mass is 32.2. The van der Waals surface area contributed by atoms with Crippen LogP contribution < -0.4 is 5.56 Å². The van der Waals surface area contributed by atoms with E-state index in [2.05, 4.69) is 42.6 Å². The van der Waals surface area contributed by atoms with Gasteiger partial charge >= 0.3 is 0 Å². The number of aromatic nitrogens is 4. The molecular formula is C17H21N5OS2. The quantitative estimate of drug-likeness (QED) is 0.526. The van der Waals surface area contributed by atoms with Crippen molar-refractivity contribution in [2.75, 3.05) is 13.1 Å². The summed E-state index contributed by atoms with van der Waals surface area (Å²) in [4.78, 5) is 32.6. The number of nitrogens with zero attached hydrogens (tertiary/aromatic N) is 4. The first-order chi connectivity index (χ1) is 12.0. The Morgan fingerprint density at radius 2 is 2.00 bits per heavy atom. The molecule has 1 N–H and O–H groups in total. The molecule has 0 aliphatic rings. The molecule has 0 aliphatic carbocycles. The third kappa shape index (κ3) is 3.91. The van der Waals surface area contributed by atoms with Crippen LogP contribution in [0.15, 0.2) is 27.2 Å². The summed E-state index contributed by atoms with van der Waals surface area (Å²) in [6.45, 7) is 11.1. The van der Waals surface area contributed by atoms with E-state index in [1.54, 1.807) is 11.3 Å². The second-order valence-corrected chi connectivity index (χ2v) is 7.89. The minimum Gasteiger partial charge on any atom is -0.301 e. The van der Waals surface area contributed by atoms with Crippen molar-refractivity contribution in [1.82, 2.24) is 24.8 Å². The average Bonchev–Trinajstić information content (AvgIpc) is 2.87. The van der Waals surface area contributed by atoms with E-state index in [4.69, 9.17) is 9.97 Å². The Morgan fingerprint density at radius 3 is 2.68 bits per heavy atom. The monoisotopic (exact) mass is 375 g/mol. The number of rotatable bonds is 6. The Hall–Kier alpha value is -1.77. The molecule has 0 spiro atoms. The molecule has 6 nitrogen and oxygen atoms in total. The Morgan fingerprint density at radius 1 is 1.24 bits per heavy atom. The van der Waals surface area contributed by atoms with Crippen molar-refractivity contribution in [2.24, 2.45) is 0 Å². The van der Waals surface area contributed by atoms with Gasteiger partial charge in [-0.25, -0.2) is 15.0 Å². The van der Waals surface area contributed by atoms with Crippen LogP contribution in [0.4, 0.5) is 0 Å². The van der Waals surface area contributed by atoms with E-state index in [-0.39, 0.29) is 5.56 Å². The summed E-state index contributed by atoms with van der Waals surface area (Å²) >= 11 is 3.07. The zero-order valence-corrected chi connectivity index (χ0v) is 16.4. The molecule has 3 aromatic heterocycles. The van der Waals surface area contributed by atoms with Crippen molar-refractivity contribution in [3.63, 3.8) is 0 Å². The Balaban J connectivity index is 2.08. The Kier molecular flexibility index (Phi) is 5.51. The van der Waals surface area contributed by atoms with Gasteiger partial charge < -0.3 is 4.98 Å². The first-order valence-electron chi connectivity index (χ1n) is 8.24. The molecule has 132 valence electrons. The highest BCUT2D eigenvalue weighted by Gasteiger charge is 2.17. The number of hydrogen-bond acceptors (Lipinski definition) is 7. The molecule has 3 aromatic rings. The summed E-state index contributed by atoms with van der Waals surface area (Å²) in [5, 5.41) is 2.45. The minimum absolute atomic E-state index is 0.163. The molecule has 3 rings (SSSR count). The van der Waals surface area contributed by atoms with Gasteiger partial charge in [0, 0.05) is 22.5 Å². The highest BCUT2D eigenvalue weighted by Crippen LogP contribution is 2.36. The van der Waals surface area contributed by atoms with E-state index in [0.717, 1.165) is 34.2 Å². The van der Waals surface area contributed by atoms with E-state index < -0.39 is 0 Å². The summed E-state index contributed by atoms with van der Waals surface area (Å²) in [5.41, 5.74) is 1.03. The van der Waals surface area contributed by atoms with Gasteiger partial charge in [0.15, 0.2) is 5.16 Å². The van der Waals surface area contributed by atoms with Crippen LogP contribution in [0.3, 0.4) is 0 Å². The van der Waals surface area contributed by atoms with Crippen molar-refractivity contribution in [1.29, 1.82) is 0 Å². The molecule has 3 heterocycles. The molecule has 0 bridgehead atoms. The molecule has 0 aliphatic heterocycles. The molecule has 0 saturated heterocycles. The van der Waals surface area contributed by atoms with Crippen LogP contribution >= 0.6 is 23.1 Å². The number of thiophene rings is 1. The lowest BCUT2D eigenvalue weighted by Crippen LogP contribution is -2.23. The van der Waals surface area contributed by atoms with E-state index >= 15 is 0 Å². The Labute approximate surface area is 154 Å². The van der Waals surface area contributed by atoms with E-state index in [0.29, 0.717) is 11.7 Å². The number of nitrogens with one attached hydrogen (secondary N) is 1. The fourth-order valence-electron chi connectivity index (χ4n) is 2.54. The number of H-pyrrole nitrogens is 1. The van der Waals surface area contributed by atoms with Gasteiger partial charge in [-0.2, -0.15) is 0 Å². The van der Waals surface area contributed by atoms with Gasteiger partial charge in [-0.1, -0.05) is 13.8 Å². The van der Waals surface area contributed by atoms with Crippen molar-refractivity contribution in [3.05, 3.63) is 38.9 Å². The first-order valence-corrected chi connectivity index (χ1v) is 9.87. The standard InChI is InChI=1S/C17H21N5OS2/c1-5-22(6-2)9-12-19-15-14(10(3)11(4)24-15)16(20-12)25-17-18-8-7-13(23)21-17/h7-8H,5-6,9H2,1-4H3,(H,18,21,23). The van der Waals surface area contributed by atoms with Crippen LogP contribution in [0, 0.1) is 13.8 Å². The summed E-state index contributed by atoms with van der Waals surface area (Å²) in [7, 11) is 0. The van der Waals surface area contributed by atoms with Gasteiger partial charge in [0.05, 0.1) is 6.54 Å². The maximum atomic E-state index is 11.6. The average molecular weight is 376 g/mol. The zero-order valence-electron chi connectivity index (χ0n) is 14.8. The van der Waals surface area contributed by atoms with E-state index in [1.165, 1.54) is 34.5 Å². The highest BCUT2D eigenvalue weighted by molar-refractivity contribution is 7.99. The lowest BCUT2D eigenvalue weighted by molar-refractivity contribution is 0.288. The first kappa shape index (κ1) is 18.0. The predicted molar refractivity (Wildman–Crippen MR) is 102 cm³/mol. The SMILES string of the molecule is CCN(CC)Cc1nc(Sc2nccc(=O)[nH]2)c2c(C)c(C)sc2n1. The zero-order chi connectivity index (χ0) is 18.0. The van der Waals surface area contributed by atoms with Gasteiger partial charge in [0.25, 0.3) is 5.56 Å². The van der Waals surface area contributed by atoms with Gasteiger partial charge in [-0.05, 0) is 44.3 Å². The van der Waals surface area contributed by atoms with Crippen molar-refractivity contribution < 1.29 is 0 Å². The third-order valence-corrected chi connectivity index (χ3v) is 6.13. The topological polar surface area (TPSA) is 74.8 Å². The van der Waals surface area contributed by atoms with Crippen LogP contribution in [0.2, 0.25) is 0 Å². The second-order valence-electron chi connectivity index (χ2n) is 5.71. The molecule has 0 amide bonds.